The lowest BCUT2D eigenvalue weighted by Crippen LogP contribution is -2.45. The number of benzene rings is 1. The maximum Gasteiger partial charge on any atom is 0.249 e. The number of rotatable bonds is 14. The Morgan fingerprint density at radius 3 is 2.28 bits per heavy atom. The summed E-state index contributed by atoms with van der Waals surface area (Å²) in [7, 11) is 0. The van der Waals surface area contributed by atoms with E-state index in [0.717, 1.165) is 75.2 Å². The van der Waals surface area contributed by atoms with Gasteiger partial charge in [-0.3, -0.25) is 9.79 Å². The van der Waals surface area contributed by atoms with E-state index in [1.807, 2.05) is 13.8 Å². The van der Waals surface area contributed by atoms with E-state index >= 15 is 0 Å². The van der Waals surface area contributed by atoms with Gasteiger partial charge in [-0.2, -0.15) is 0 Å². The van der Waals surface area contributed by atoms with Gasteiger partial charge in [-0.25, -0.2) is 0 Å². The molecule has 0 aromatic heterocycles. The minimum Gasteiger partial charge on any atom is -0.396 e. The summed E-state index contributed by atoms with van der Waals surface area (Å²) in [5.41, 5.74) is 9.01. The zero-order valence-corrected chi connectivity index (χ0v) is 40.2. The second-order valence-electron chi connectivity index (χ2n) is 21.4. The second kappa shape index (κ2) is 23.2. The minimum absolute atomic E-state index is 0.000230. The summed E-state index contributed by atoms with van der Waals surface area (Å²) in [6.07, 6.45) is 17.1. The van der Waals surface area contributed by atoms with Gasteiger partial charge in [-0.15, -0.1) is 0 Å². The molecule has 3 aliphatic carbocycles. The Balaban J connectivity index is 0.000000266. The van der Waals surface area contributed by atoms with Crippen molar-refractivity contribution in [3.05, 3.63) is 69.8 Å². The van der Waals surface area contributed by atoms with Crippen molar-refractivity contribution in [2.24, 2.45) is 33.6 Å². The third kappa shape index (κ3) is 15.7. The zero-order chi connectivity index (χ0) is 45.8. The number of aryl methyl sites for hydroxylation is 2. The zero-order valence-electron chi connectivity index (χ0n) is 40.2. The van der Waals surface area contributed by atoms with Gasteiger partial charge >= 0.3 is 0 Å². The summed E-state index contributed by atoms with van der Waals surface area (Å²) in [4.78, 5) is 15.8. The Kier molecular flexibility index (Phi) is 20.0. The number of amidine groups is 1. The van der Waals surface area contributed by atoms with Crippen molar-refractivity contribution < 1.29 is 30.3 Å². The number of nitrogens with zero attached hydrogens (tertiary/aromatic N) is 1. The number of carbonyl (C=O) groups excluding carboxylic acids is 1. The number of aliphatic hydroxyl groups excluding tert-OH is 4. The highest BCUT2D eigenvalue weighted by Crippen LogP contribution is 2.60. The summed E-state index contributed by atoms with van der Waals surface area (Å²) in [6.45, 7) is 29.5. The first-order chi connectivity index (χ1) is 28.4. The molecule has 0 spiro atoms. The van der Waals surface area contributed by atoms with E-state index in [9.17, 15) is 20.1 Å². The highest BCUT2D eigenvalue weighted by atomic mass is 16.3. The monoisotopic (exact) mass is 850 g/mol. The molecule has 7 N–H and O–H groups in total. The molecule has 0 radical (unpaired) electrons. The highest BCUT2D eigenvalue weighted by Gasteiger charge is 2.50. The fourth-order valence-corrected chi connectivity index (χ4v) is 9.93. The highest BCUT2D eigenvalue weighted by molar-refractivity contribution is 5.86. The summed E-state index contributed by atoms with van der Waals surface area (Å²) in [6, 6.07) is 4.66. The average molecular weight is 850 g/mol. The number of aliphatic imine (C=N–C) groups is 1. The molecule has 61 heavy (non-hydrogen) atoms. The van der Waals surface area contributed by atoms with Crippen LogP contribution in [-0.2, 0) is 16.6 Å². The third-order valence-electron chi connectivity index (χ3n) is 14.0. The van der Waals surface area contributed by atoms with Crippen molar-refractivity contribution >= 4 is 11.7 Å². The Morgan fingerprint density at radius 1 is 1.03 bits per heavy atom. The van der Waals surface area contributed by atoms with Crippen LogP contribution in [0.4, 0.5) is 0 Å². The second-order valence-corrected chi connectivity index (χ2v) is 21.4. The largest absolute Gasteiger partial charge is 0.396 e. The summed E-state index contributed by atoms with van der Waals surface area (Å²) < 4.78 is 0. The van der Waals surface area contributed by atoms with Gasteiger partial charge < -0.3 is 36.2 Å². The van der Waals surface area contributed by atoms with Crippen LogP contribution < -0.4 is 10.6 Å². The van der Waals surface area contributed by atoms with Crippen molar-refractivity contribution in [2.45, 2.75) is 183 Å². The Bertz CT molecular complexity index is 1660. The Hall–Kier alpha value is -2.82. The predicted octanol–water partition coefficient (Wildman–Crippen LogP) is 8.74. The van der Waals surface area contributed by atoms with Crippen LogP contribution in [0, 0.1) is 42.4 Å². The predicted molar refractivity (Wildman–Crippen MR) is 253 cm³/mol. The van der Waals surface area contributed by atoms with Crippen LogP contribution in [0.25, 0.3) is 0 Å². The van der Waals surface area contributed by atoms with Gasteiger partial charge in [0.1, 0.15) is 11.9 Å². The Labute approximate surface area is 370 Å². The lowest BCUT2D eigenvalue weighted by atomic mass is 9.60. The molecule has 5 rings (SSSR count). The van der Waals surface area contributed by atoms with Gasteiger partial charge in [0.25, 0.3) is 0 Å². The van der Waals surface area contributed by atoms with Crippen LogP contribution in [-0.4, -0.2) is 87.9 Å². The molecule has 3 saturated carbocycles. The SMILES string of the molecule is C=C1CC[C@H](O)C/C1=C/C=C1\CCC[C@]2(C)[C@@H]([C@H](C)CCCC(C)(C)O)CC[C@@H]12.CC(C)(CO)[C@@H](O)C(=O)NCCCO.Cc1cc(C(C)(C)C)cc(C)c1CC1=NCCN1. The standard InChI is InChI=1S/C27H44O2.C16H24N2.C9H19NO4/c1-19-10-13-23(28)18-22(19)12-11-21-9-7-17-27(5)24(14-15-25(21)27)20(2)8-6-16-26(3,4)29;1-11-8-13(16(3,4)5)9-12(2)14(11)10-15-17-6-7-18-15;1-9(2,6-12)7(13)8(14)10-4-3-5-11/h11-12,20,23-25,28-29H,1,6-10,13-18H2,2-5H3;8-9H,6-7,10H2,1-5H3,(H,17,18);7,11-13H,3-6H2,1-2H3,(H,10,14)/b21-11+,22-12-;;/t20-,23+,24-,25+,27-;;7-/m1.0/s1. The number of nitrogens with one attached hydrogen (secondary N) is 2. The molecule has 1 heterocycles. The van der Waals surface area contributed by atoms with E-state index in [-0.39, 0.29) is 24.7 Å². The Morgan fingerprint density at radius 2 is 1.70 bits per heavy atom. The number of allylic oxidation sites excluding steroid dienone is 4. The van der Waals surface area contributed by atoms with Crippen molar-refractivity contribution in [2.75, 3.05) is 32.8 Å². The quantitative estimate of drug-likeness (QED) is 0.0925. The van der Waals surface area contributed by atoms with E-state index < -0.39 is 23.0 Å². The molecule has 1 amide bonds. The smallest absolute Gasteiger partial charge is 0.249 e. The number of hydrogen-bond donors (Lipinski definition) is 7. The number of fused-ring (bicyclic) bond motifs is 1. The van der Waals surface area contributed by atoms with Crippen molar-refractivity contribution in [1.29, 1.82) is 0 Å². The van der Waals surface area contributed by atoms with Crippen LogP contribution in [0.15, 0.2) is 52.6 Å². The number of hydrogen-bond acceptors (Lipinski definition) is 8. The summed E-state index contributed by atoms with van der Waals surface area (Å²) in [5.74, 6) is 2.88. The fraction of sp³-hybridized carbons (Fsp3) is 0.731. The molecule has 1 aromatic rings. The normalized spacial score (nSPS) is 25.4. The van der Waals surface area contributed by atoms with Gasteiger partial charge in [0.15, 0.2) is 0 Å². The van der Waals surface area contributed by atoms with E-state index in [2.05, 4.69) is 95.0 Å². The van der Waals surface area contributed by atoms with Crippen LogP contribution in [0.1, 0.15) is 162 Å². The molecule has 6 atom stereocenters. The molecule has 0 saturated heterocycles. The van der Waals surface area contributed by atoms with Crippen LogP contribution in [0.3, 0.4) is 0 Å². The first kappa shape index (κ1) is 52.5. The minimum atomic E-state index is -1.23. The molecular weight excluding hydrogens is 763 g/mol. The van der Waals surface area contributed by atoms with Crippen LogP contribution in [0.2, 0.25) is 0 Å². The molecule has 0 bridgehead atoms. The third-order valence-corrected chi connectivity index (χ3v) is 14.0. The maximum absolute atomic E-state index is 11.3. The van der Waals surface area contributed by atoms with E-state index in [1.165, 1.54) is 71.9 Å². The van der Waals surface area contributed by atoms with Gasteiger partial charge in [0.05, 0.1) is 24.9 Å². The van der Waals surface area contributed by atoms with Crippen molar-refractivity contribution in [3.63, 3.8) is 0 Å². The molecular formula is C52H87N3O6. The first-order valence-electron chi connectivity index (χ1n) is 23.5. The average Bonchev–Trinajstić information content (AvgIpc) is 3.83. The molecule has 4 aliphatic rings. The van der Waals surface area contributed by atoms with E-state index in [0.29, 0.717) is 18.4 Å². The first-order valence-corrected chi connectivity index (χ1v) is 23.5. The van der Waals surface area contributed by atoms with Crippen LogP contribution >= 0.6 is 0 Å². The number of amides is 1. The maximum atomic E-state index is 11.3. The molecule has 346 valence electrons. The number of carbonyl (C=O) groups is 1. The lowest BCUT2D eigenvalue weighted by molar-refractivity contribution is -0.137. The van der Waals surface area contributed by atoms with Crippen LogP contribution in [0.5, 0.6) is 0 Å². The van der Waals surface area contributed by atoms with Crippen molar-refractivity contribution in [3.8, 4) is 0 Å². The number of aliphatic hydroxyl groups is 5. The lowest BCUT2D eigenvalue weighted by Gasteiger charge is -2.44. The molecule has 0 unspecified atom stereocenters. The molecule has 9 heteroatoms. The summed E-state index contributed by atoms with van der Waals surface area (Å²) >= 11 is 0. The molecule has 9 nitrogen and oxygen atoms in total. The van der Waals surface area contributed by atoms with E-state index in [4.69, 9.17) is 10.2 Å². The van der Waals surface area contributed by atoms with Gasteiger partial charge in [-0.1, -0.05) is 103 Å². The van der Waals surface area contributed by atoms with E-state index in [1.54, 1.807) is 19.4 Å². The topological polar surface area (TPSA) is 155 Å². The van der Waals surface area contributed by atoms with Gasteiger partial charge in [0, 0.05) is 31.5 Å². The van der Waals surface area contributed by atoms with Gasteiger partial charge in [0.2, 0.25) is 5.91 Å². The molecule has 1 aliphatic heterocycles. The molecule has 1 aromatic carbocycles. The van der Waals surface area contributed by atoms with Gasteiger partial charge in [-0.05, 0) is 148 Å². The fourth-order valence-electron chi connectivity index (χ4n) is 9.93. The summed E-state index contributed by atoms with van der Waals surface area (Å²) in [5, 5.41) is 52.8. The van der Waals surface area contributed by atoms with Crippen molar-refractivity contribution in [1.82, 2.24) is 10.6 Å². The molecule has 3 fully saturated rings.